The number of hydrogen-bond donors (Lipinski definition) is 0. The Labute approximate surface area is 144 Å². The van der Waals surface area contributed by atoms with Gasteiger partial charge in [0.25, 0.3) is 9.05 Å². The molecule has 0 N–H and O–H groups in total. The molecule has 0 spiro atoms. The molecule has 3 aromatic rings. The van der Waals surface area contributed by atoms with Crippen molar-refractivity contribution in [1.82, 2.24) is 4.98 Å². The topological polar surface area (TPSA) is 63.4 Å². The normalized spacial score (nSPS) is 11.5. The molecule has 0 amide bonds. The van der Waals surface area contributed by atoms with Gasteiger partial charge in [-0.05, 0) is 48.5 Å². The van der Waals surface area contributed by atoms with E-state index in [0.717, 1.165) is 11.3 Å². The fourth-order valence-electron chi connectivity index (χ4n) is 2.22. The summed E-state index contributed by atoms with van der Waals surface area (Å²) in [5.41, 5.74) is 2.69. The van der Waals surface area contributed by atoms with Crippen LogP contribution in [0, 0.1) is 0 Å². The number of oxazole rings is 1. The van der Waals surface area contributed by atoms with Gasteiger partial charge in [0.1, 0.15) is 0 Å². The smallest absolute Gasteiger partial charge is 0.261 e. The summed E-state index contributed by atoms with van der Waals surface area (Å²) in [7, 11) is 5.53. The second-order valence-corrected chi connectivity index (χ2v) is 8.00. The maximum atomic E-state index is 11.3. The molecule has 0 saturated carbocycles. The zero-order chi connectivity index (χ0) is 17.3. The fourth-order valence-corrected chi connectivity index (χ4v) is 2.99. The fraction of sp³-hybridized carbons (Fsp3) is 0.118. The molecule has 0 atom stereocenters. The SMILES string of the molecule is CN(C)c1ccc(-c2cnc(-c3ccc(S(=O)(=O)Cl)cc3)o2)cc1. The van der Waals surface area contributed by atoms with Crippen LogP contribution in [0.25, 0.3) is 22.8 Å². The summed E-state index contributed by atoms with van der Waals surface area (Å²) >= 11 is 0. The highest BCUT2D eigenvalue weighted by atomic mass is 35.7. The number of benzene rings is 2. The van der Waals surface area contributed by atoms with Gasteiger partial charge in [-0.3, -0.25) is 0 Å². The van der Waals surface area contributed by atoms with Crippen molar-refractivity contribution in [3.05, 3.63) is 54.7 Å². The molecule has 0 aliphatic rings. The van der Waals surface area contributed by atoms with E-state index in [2.05, 4.69) is 4.98 Å². The van der Waals surface area contributed by atoms with Crippen molar-refractivity contribution in [1.29, 1.82) is 0 Å². The average molecular weight is 363 g/mol. The Morgan fingerprint density at radius 3 is 2.08 bits per heavy atom. The van der Waals surface area contributed by atoms with Crippen LogP contribution in [-0.4, -0.2) is 27.5 Å². The van der Waals surface area contributed by atoms with Crippen LogP contribution in [0.3, 0.4) is 0 Å². The van der Waals surface area contributed by atoms with Crippen LogP contribution in [0.4, 0.5) is 5.69 Å². The lowest BCUT2D eigenvalue weighted by Crippen LogP contribution is -2.07. The summed E-state index contributed by atoms with van der Waals surface area (Å²) in [6.45, 7) is 0. The first kappa shape index (κ1) is 16.5. The van der Waals surface area contributed by atoms with Crippen LogP contribution >= 0.6 is 10.7 Å². The van der Waals surface area contributed by atoms with Crippen molar-refractivity contribution < 1.29 is 12.8 Å². The monoisotopic (exact) mass is 362 g/mol. The Bertz CT molecular complexity index is 946. The molecule has 2 aromatic carbocycles. The number of halogens is 1. The standard InChI is InChI=1S/C17H15ClN2O3S/c1-20(2)14-7-3-12(4-8-14)16-11-19-17(23-16)13-5-9-15(10-6-13)24(18,21)22/h3-11H,1-2H3. The van der Waals surface area contributed by atoms with Gasteiger partial charge < -0.3 is 9.32 Å². The third-order valence-corrected chi connectivity index (χ3v) is 4.93. The number of nitrogens with zero attached hydrogens (tertiary/aromatic N) is 2. The molecule has 3 rings (SSSR count). The minimum absolute atomic E-state index is 0.0407. The number of anilines is 1. The van der Waals surface area contributed by atoms with Crippen molar-refractivity contribution in [2.24, 2.45) is 0 Å². The third kappa shape index (κ3) is 3.44. The van der Waals surface area contributed by atoms with Gasteiger partial charge in [0, 0.05) is 41.6 Å². The molecule has 0 aliphatic heterocycles. The quantitative estimate of drug-likeness (QED) is 0.656. The maximum absolute atomic E-state index is 11.3. The Hall–Kier alpha value is -2.31. The lowest BCUT2D eigenvalue weighted by molar-refractivity contribution is 0.588. The first-order valence-corrected chi connectivity index (χ1v) is 9.44. The molecular formula is C17H15ClN2O3S. The van der Waals surface area contributed by atoms with Crippen molar-refractivity contribution in [3.8, 4) is 22.8 Å². The van der Waals surface area contributed by atoms with E-state index in [1.165, 1.54) is 12.1 Å². The van der Waals surface area contributed by atoms with Gasteiger partial charge in [-0.1, -0.05) is 0 Å². The lowest BCUT2D eigenvalue weighted by atomic mass is 10.1. The van der Waals surface area contributed by atoms with E-state index < -0.39 is 9.05 Å². The molecule has 5 nitrogen and oxygen atoms in total. The van der Waals surface area contributed by atoms with Crippen LogP contribution in [0.5, 0.6) is 0 Å². The third-order valence-electron chi connectivity index (χ3n) is 3.56. The number of rotatable bonds is 4. The van der Waals surface area contributed by atoms with E-state index in [1.807, 2.05) is 43.3 Å². The molecular weight excluding hydrogens is 348 g/mol. The summed E-state index contributed by atoms with van der Waals surface area (Å²) in [6.07, 6.45) is 1.65. The van der Waals surface area contributed by atoms with Crippen molar-refractivity contribution in [3.63, 3.8) is 0 Å². The second kappa shape index (κ2) is 6.30. The van der Waals surface area contributed by atoms with Crippen LogP contribution < -0.4 is 4.90 Å². The molecule has 0 unspecified atom stereocenters. The van der Waals surface area contributed by atoms with Gasteiger partial charge in [-0.25, -0.2) is 13.4 Å². The highest BCUT2D eigenvalue weighted by Crippen LogP contribution is 2.28. The summed E-state index contributed by atoms with van der Waals surface area (Å²) in [6, 6.07) is 14.0. The van der Waals surface area contributed by atoms with Crippen LogP contribution in [-0.2, 0) is 9.05 Å². The van der Waals surface area contributed by atoms with E-state index in [0.29, 0.717) is 17.2 Å². The summed E-state index contributed by atoms with van der Waals surface area (Å²) in [5, 5.41) is 0. The Kier molecular flexibility index (Phi) is 4.34. The van der Waals surface area contributed by atoms with E-state index >= 15 is 0 Å². The van der Waals surface area contributed by atoms with E-state index in [9.17, 15) is 8.42 Å². The van der Waals surface area contributed by atoms with E-state index in [4.69, 9.17) is 15.1 Å². The van der Waals surface area contributed by atoms with Gasteiger partial charge >= 0.3 is 0 Å². The van der Waals surface area contributed by atoms with Crippen LogP contribution in [0.1, 0.15) is 0 Å². The highest BCUT2D eigenvalue weighted by Gasteiger charge is 2.12. The minimum Gasteiger partial charge on any atom is -0.436 e. The Morgan fingerprint density at radius 2 is 1.54 bits per heavy atom. The van der Waals surface area contributed by atoms with Crippen molar-refractivity contribution >= 4 is 25.4 Å². The first-order chi connectivity index (χ1) is 11.3. The van der Waals surface area contributed by atoms with Gasteiger partial charge in [0.05, 0.1) is 11.1 Å². The van der Waals surface area contributed by atoms with E-state index in [1.54, 1.807) is 18.3 Å². The predicted molar refractivity (Wildman–Crippen MR) is 94.7 cm³/mol. The summed E-state index contributed by atoms with van der Waals surface area (Å²) in [5.74, 6) is 1.06. The Morgan fingerprint density at radius 1 is 0.958 bits per heavy atom. The van der Waals surface area contributed by atoms with Crippen molar-refractivity contribution in [2.45, 2.75) is 4.90 Å². The average Bonchev–Trinajstić information content (AvgIpc) is 3.04. The van der Waals surface area contributed by atoms with Gasteiger partial charge in [-0.2, -0.15) is 0 Å². The molecule has 0 bridgehead atoms. The maximum Gasteiger partial charge on any atom is 0.261 e. The molecule has 0 saturated heterocycles. The molecule has 124 valence electrons. The zero-order valence-electron chi connectivity index (χ0n) is 13.1. The van der Waals surface area contributed by atoms with Crippen LogP contribution in [0.15, 0.2) is 64.0 Å². The zero-order valence-corrected chi connectivity index (χ0v) is 14.7. The highest BCUT2D eigenvalue weighted by molar-refractivity contribution is 8.13. The van der Waals surface area contributed by atoms with E-state index in [-0.39, 0.29) is 4.90 Å². The Balaban J connectivity index is 1.87. The lowest BCUT2D eigenvalue weighted by Gasteiger charge is -2.11. The molecule has 0 radical (unpaired) electrons. The molecule has 7 heteroatoms. The van der Waals surface area contributed by atoms with Gasteiger partial charge in [-0.15, -0.1) is 0 Å². The van der Waals surface area contributed by atoms with Crippen LogP contribution in [0.2, 0.25) is 0 Å². The molecule has 1 aromatic heterocycles. The minimum atomic E-state index is -3.73. The molecule has 1 heterocycles. The molecule has 24 heavy (non-hydrogen) atoms. The van der Waals surface area contributed by atoms with Gasteiger partial charge in [0.2, 0.25) is 5.89 Å². The molecule has 0 aliphatic carbocycles. The second-order valence-electron chi connectivity index (χ2n) is 5.43. The summed E-state index contributed by atoms with van der Waals surface area (Å²) in [4.78, 5) is 6.31. The summed E-state index contributed by atoms with van der Waals surface area (Å²) < 4.78 is 28.3. The predicted octanol–water partition coefficient (Wildman–Crippen LogP) is 4.00. The number of aromatic nitrogens is 1. The van der Waals surface area contributed by atoms with Gasteiger partial charge in [0.15, 0.2) is 5.76 Å². The largest absolute Gasteiger partial charge is 0.436 e. The first-order valence-electron chi connectivity index (χ1n) is 7.13. The number of hydrogen-bond acceptors (Lipinski definition) is 5. The van der Waals surface area contributed by atoms with Crippen molar-refractivity contribution in [2.75, 3.05) is 19.0 Å². The molecule has 0 fully saturated rings.